The van der Waals surface area contributed by atoms with Gasteiger partial charge in [0.25, 0.3) is 0 Å². The van der Waals surface area contributed by atoms with E-state index in [0.29, 0.717) is 18.5 Å². The van der Waals surface area contributed by atoms with Gasteiger partial charge in [-0.25, -0.2) is 4.79 Å². The highest BCUT2D eigenvalue weighted by molar-refractivity contribution is 5.88. The number of hydrogen-bond donors (Lipinski definition) is 3. The smallest absolute Gasteiger partial charge is 0.316 e. The highest BCUT2D eigenvalue weighted by Crippen LogP contribution is 2.40. The maximum Gasteiger partial charge on any atom is 0.316 e. The van der Waals surface area contributed by atoms with Gasteiger partial charge >= 0.3 is 12.0 Å². The van der Waals surface area contributed by atoms with Gasteiger partial charge in [0.2, 0.25) is 0 Å². The van der Waals surface area contributed by atoms with Crippen molar-refractivity contribution in [3.63, 3.8) is 0 Å². The lowest BCUT2D eigenvalue weighted by molar-refractivity contribution is -0.145. The highest BCUT2D eigenvalue weighted by Gasteiger charge is 2.41. The molecule has 1 aliphatic carbocycles. The average molecular weight is 262 g/mol. The normalized spacial score (nSPS) is 17.7. The fraction of sp³-hybridized carbons (Fsp3) is 0.429. The molecule has 5 nitrogen and oxygen atoms in total. The topological polar surface area (TPSA) is 92.4 Å². The van der Waals surface area contributed by atoms with Gasteiger partial charge in [-0.1, -0.05) is 31.4 Å². The lowest BCUT2D eigenvalue weighted by atomic mass is 9.69. The number of rotatable bonds is 3. The van der Waals surface area contributed by atoms with Gasteiger partial charge in [0.05, 0.1) is 5.41 Å². The molecule has 0 spiro atoms. The maximum atomic E-state index is 11.6. The van der Waals surface area contributed by atoms with Crippen LogP contribution in [0.4, 0.5) is 10.5 Å². The maximum absolute atomic E-state index is 11.6. The Bertz CT molecular complexity index is 476. The lowest BCUT2D eigenvalue weighted by Crippen LogP contribution is -2.37. The summed E-state index contributed by atoms with van der Waals surface area (Å²) in [6.45, 7) is 0. The van der Waals surface area contributed by atoms with Crippen LogP contribution in [0.3, 0.4) is 0 Å². The molecule has 0 radical (unpaired) electrons. The lowest BCUT2D eigenvalue weighted by Gasteiger charge is -2.33. The Hall–Kier alpha value is -2.04. The molecule has 19 heavy (non-hydrogen) atoms. The summed E-state index contributed by atoms with van der Waals surface area (Å²) >= 11 is 0. The molecule has 2 amide bonds. The van der Waals surface area contributed by atoms with E-state index >= 15 is 0 Å². The van der Waals surface area contributed by atoms with E-state index in [9.17, 15) is 14.7 Å². The zero-order chi connectivity index (χ0) is 13.9. The van der Waals surface area contributed by atoms with Crippen LogP contribution in [0, 0.1) is 0 Å². The Kier molecular flexibility index (Phi) is 3.74. The van der Waals surface area contributed by atoms with Crippen molar-refractivity contribution in [3.05, 3.63) is 29.8 Å². The zero-order valence-electron chi connectivity index (χ0n) is 10.7. The van der Waals surface area contributed by atoms with Gasteiger partial charge in [-0.15, -0.1) is 0 Å². The van der Waals surface area contributed by atoms with Crippen molar-refractivity contribution in [1.29, 1.82) is 0 Å². The molecule has 2 rings (SSSR count). The van der Waals surface area contributed by atoms with E-state index in [1.54, 1.807) is 24.3 Å². The van der Waals surface area contributed by atoms with Crippen molar-refractivity contribution in [2.45, 2.75) is 37.5 Å². The Morgan fingerprint density at radius 3 is 2.16 bits per heavy atom. The van der Waals surface area contributed by atoms with Crippen LogP contribution in [0.25, 0.3) is 0 Å². The van der Waals surface area contributed by atoms with Crippen LogP contribution < -0.4 is 11.1 Å². The monoisotopic (exact) mass is 262 g/mol. The number of hydrogen-bond acceptors (Lipinski definition) is 2. The second kappa shape index (κ2) is 5.30. The van der Waals surface area contributed by atoms with Crippen LogP contribution in [-0.4, -0.2) is 17.1 Å². The van der Waals surface area contributed by atoms with E-state index < -0.39 is 17.4 Å². The molecule has 0 bridgehead atoms. The number of nitrogens with two attached hydrogens (primary N) is 1. The van der Waals surface area contributed by atoms with Crippen LogP contribution in [0.2, 0.25) is 0 Å². The predicted molar refractivity (Wildman–Crippen MR) is 72.0 cm³/mol. The summed E-state index contributed by atoms with van der Waals surface area (Å²) < 4.78 is 0. The summed E-state index contributed by atoms with van der Waals surface area (Å²) in [6.07, 6.45) is 4.31. The van der Waals surface area contributed by atoms with Gasteiger partial charge < -0.3 is 16.2 Å². The van der Waals surface area contributed by atoms with E-state index in [0.717, 1.165) is 24.8 Å². The Morgan fingerprint density at radius 2 is 1.68 bits per heavy atom. The molecule has 1 aromatic rings. The van der Waals surface area contributed by atoms with Crippen LogP contribution in [-0.2, 0) is 10.2 Å². The van der Waals surface area contributed by atoms with E-state index in [4.69, 9.17) is 5.73 Å². The molecule has 1 fully saturated rings. The minimum atomic E-state index is -0.774. The molecule has 0 unspecified atom stereocenters. The molecule has 102 valence electrons. The fourth-order valence-corrected chi connectivity index (χ4v) is 2.80. The fourth-order valence-electron chi connectivity index (χ4n) is 2.80. The first-order chi connectivity index (χ1) is 9.04. The number of nitrogens with one attached hydrogen (secondary N) is 1. The highest BCUT2D eigenvalue weighted by atomic mass is 16.4. The van der Waals surface area contributed by atoms with Gasteiger partial charge in [-0.2, -0.15) is 0 Å². The van der Waals surface area contributed by atoms with Gasteiger partial charge in [-0.05, 0) is 30.5 Å². The summed E-state index contributed by atoms with van der Waals surface area (Å²) in [7, 11) is 0. The second-order valence-electron chi connectivity index (χ2n) is 5.01. The van der Waals surface area contributed by atoms with E-state index in [-0.39, 0.29) is 0 Å². The summed E-state index contributed by atoms with van der Waals surface area (Å²) in [4.78, 5) is 22.4. The molecule has 1 aromatic carbocycles. The predicted octanol–water partition coefficient (Wildman–Crippen LogP) is 2.46. The van der Waals surface area contributed by atoms with E-state index in [2.05, 4.69) is 5.32 Å². The van der Waals surface area contributed by atoms with Gasteiger partial charge in [0.15, 0.2) is 0 Å². The summed E-state index contributed by atoms with van der Waals surface area (Å²) in [5, 5.41) is 12.0. The standard InChI is InChI=1S/C14H18N2O3/c15-13(19)16-11-6-4-10(5-7-11)14(12(17)18)8-2-1-3-9-14/h4-7H,1-3,8-9H2,(H,17,18)(H3,15,16,19). The third kappa shape index (κ3) is 2.70. The summed E-state index contributed by atoms with van der Waals surface area (Å²) in [5.74, 6) is -0.761. The molecule has 1 aliphatic rings. The Balaban J connectivity index is 2.27. The SMILES string of the molecule is NC(=O)Nc1ccc(C2(C(=O)O)CCCCC2)cc1. The molecule has 1 saturated carbocycles. The molecule has 4 N–H and O–H groups in total. The van der Waals surface area contributed by atoms with Gasteiger partial charge in [0, 0.05) is 5.69 Å². The number of benzene rings is 1. The largest absolute Gasteiger partial charge is 0.481 e. The van der Waals surface area contributed by atoms with Crippen molar-refractivity contribution in [1.82, 2.24) is 0 Å². The molecule has 5 heteroatoms. The third-order valence-corrected chi connectivity index (χ3v) is 3.82. The van der Waals surface area contributed by atoms with Crippen LogP contribution in [0.1, 0.15) is 37.7 Å². The van der Waals surface area contributed by atoms with Crippen molar-refractivity contribution in [3.8, 4) is 0 Å². The number of carbonyl (C=O) groups is 2. The first kappa shape index (κ1) is 13.4. The Morgan fingerprint density at radius 1 is 1.11 bits per heavy atom. The number of aliphatic carboxylic acids is 1. The minimum Gasteiger partial charge on any atom is -0.481 e. The number of primary amides is 1. The van der Waals surface area contributed by atoms with Crippen LogP contribution in [0.15, 0.2) is 24.3 Å². The molecular formula is C14H18N2O3. The number of carboxylic acids is 1. The van der Waals surface area contributed by atoms with E-state index in [1.165, 1.54) is 0 Å². The number of amides is 2. The number of anilines is 1. The molecule has 0 atom stereocenters. The zero-order valence-corrected chi connectivity index (χ0v) is 10.7. The quantitative estimate of drug-likeness (QED) is 0.781. The molecule has 0 saturated heterocycles. The molecule has 0 aliphatic heterocycles. The second-order valence-corrected chi connectivity index (χ2v) is 5.01. The minimum absolute atomic E-state index is 0.576. The first-order valence-electron chi connectivity index (χ1n) is 6.45. The van der Waals surface area contributed by atoms with Crippen molar-refractivity contribution in [2.75, 3.05) is 5.32 Å². The first-order valence-corrected chi connectivity index (χ1v) is 6.45. The molecule has 0 heterocycles. The number of urea groups is 1. The van der Waals surface area contributed by atoms with E-state index in [1.807, 2.05) is 0 Å². The summed E-state index contributed by atoms with van der Waals surface area (Å²) in [5.41, 5.74) is 5.64. The van der Waals surface area contributed by atoms with Crippen LogP contribution in [0.5, 0.6) is 0 Å². The van der Waals surface area contributed by atoms with Crippen LogP contribution >= 0.6 is 0 Å². The van der Waals surface area contributed by atoms with Gasteiger partial charge in [0.1, 0.15) is 0 Å². The summed E-state index contributed by atoms with van der Waals surface area (Å²) in [6, 6.07) is 6.30. The number of carbonyl (C=O) groups excluding carboxylic acids is 1. The third-order valence-electron chi connectivity index (χ3n) is 3.82. The van der Waals surface area contributed by atoms with Crippen molar-refractivity contribution in [2.24, 2.45) is 5.73 Å². The van der Waals surface area contributed by atoms with Gasteiger partial charge in [-0.3, -0.25) is 4.79 Å². The molecular weight excluding hydrogens is 244 g/mol. The Labute approximate surface area is 111 Å². The molecule has 0 aromatic heterocycles. The van der Waals surface area contributed by atoms with Crippen molar-refractivity contribution >= 4 is 17.7 Å². The van der Waals surface area contributed by atoms with Crippen molar-refractivity contribution < 1.29 is 14.7 Å². The number of carboxylic acid groups (broad SMARTS) is 1. The average Bonchev–Trinajstić information content (AvgIpc) is 2.39.